The third kappa shape index (κ3) is 3.18. The lowest BCUT2D eigenvalue weighted by atomic mass is 10.1. The number of hydrogen-bond donors (Lipinski definition) is 3. The van der Waals surface area contributed by atoms with Crippen LogP contribution in [-0.4, -0.2) is 24.3 Å². The second-order valence-electron chi connectivity index (χ2n) is 6.08. The summed E-state index contributed by atoms with van der Waals surface area (Å²) in [6.07, 6.45) is 0.301. The number of H-pyrrole nitrogens is 1. The smallest absolute Gasteiger partial charge is 0.323 e. The van der Waals surface area contributed by atoms with Crippen LogP contribution in [0.15, 0.2) is 39.9 Å². The molecule has 0 aliphatic carbocycles. The van der Waals surface area contributed by atoms with Gasteiger partial charge in [0.25, 0.3) is 5.69 Å². The van der Waals surface area contributed by atoms with Crippen molar-refractivity contribution >= 4 is 35.1 Å². The number of nitrogens with zero attached hydrogens (tertiary/aromatic N) is 2. The molecule has 3 aromatic rings. The van der Waals surface area contributed by atoms with Crippen LogP contribution >= 0.6 is 7.60 Å². The number of fused-ring (bicyclic) bond motifs is 3. The zero-order valence-corrected chi connectivity index (χ0v) is 15.1. The summed E-state index contributed by atoms with van der Waals surface area (Å²) in [6.45, 7) is 1.69. The van der Waals surface area contributed by atoms with Crippen LogP contribution in [0.2, 0.25) is 0 Å². The summed E-state index contributed by atoms with van der Waals surface area (Å²) in [5.41, 5.74) is -2.52. The van der Waals surface area contributed by atoms with Gasteiger partial charge in [-0.25, -0.2) is 0 Å². The maximum absolute atomic E-state index is 12.6. The number of hydrogen-bond acceptors (Lipinski definition) is 5. The van der Waals surface area contributed by atoms with E-state index in [0.29, 0.717) is 6.42 Å². The van der Waals surface area contributed by atoms with Crippen LogP contribution in [-0.2, 0) is 4.57 Å². The Morgan fingerprint density at radius 2 is 1.89 bits per heavy atom. The quantitative estimate of drug-likeness (QED) is 0.197. The van der Waals surface area contributed by atoms with Crippen molar-refractivity contribution in [2.75, 3.05) is 0 Å². The molecule has 1 aromatic heterocycles. The Morgan fingerprint density at radius 3 is 2.44 bits per heavy atom. The number of non-ortho nitro benzene ring substituents is 1. The standard InChI is InChI=1S/C16H16N3O7P/c1-2-5-13(27(24,25)26)18-14-10-7-4-3-6-9(10)12(19(22)23)8-11(14)17-15(20)16(18)21/h3-4,6-8,13H,2,5H2,1H3,(H,17,20)(H2,24,25,26). The van der Waals surface area contributed by atoms with Crippen molar-refractivity contribution in [1.82, 2.24) is 9.55 Å². The lowest BCUT2D eigenvalue weighted by Gasteiger charge is -2.22. The van der Waals surface area contributed by atoms with Crippen LogP contribution in [0.25, 0.3) is 21.8 Å². The Bertz CT molecular complexity index is 1220. The summed E-state index contributed by atoms with van der Waals surface area (Å²) in [5.74, 6) is -1.55. The van der Waals surface area contributed by atoms with Gasteiger partial charge in [-0.2, -0.15) is 0 Å². The average Bonchev–Trinajstić information content (AvgIpc) is 2.60. The Hall–Kier alpha value is -2.81. The van der Waals surface area contributed by atoms with Crippen molar-refractivity contribution in [2.24, 2.45) is 0 Å². The monoisotopic (exact) mass is 393 g/mol. The van der Waals surface area contributed by atoms with Crippen molar-refractivity contribution in [3.05, 3.63) is 61.2 Å². The van der Waals surface area contributed by atoms with Crippen LogP contribution < -0.4 is 11.1 Å². The topological polar surface area (TPSA) is 156 Å². The lowest BCUT2D eigenvalue weighted by Crippen LogP contribution is -2.38. The highest BCUT2D eigenvalue weighted by molar-refractivity contribution is 7.51. The van der Waals surface area contributed by atoms with Gasteiger partial charge in [0.05, 0.1) is 21.3 Å². The molecule has 11 heteroatoms. The maximum atomic E-state index is 12.6. The lowest BCUT2D eigenvalue weighted by molar-refractivity contribution is -0.382. The van der Waals surface area contributed by atoms with Gasteiger partial charge in [0, 0.05) is 11.5 Å². The van der Waals surface area contributed by atoms with Crippen molar-refractivity contribution in [3.8, 4) is 0 Å². The molecule has 1 heterocycles. The highest BCUT2D eigenvalue weighted by atomic mass is 31.2. The Kier molecular flexibility index (Phi) is 4.73. The zero-order chi connectivity index (χ0) is 19.9. The predicted molar refractivity (Wildman–Crippen MR) is 99.0 cm³/mol. The Morgan fingerprint density at radius 1 is 1.26 bits per heavy atom. The highest BCUT2D eigenvalue weighted by Crippen LogP contribution is 2.51. The van der Waals surface area contributed by atoms with E-state index in [1.54, 1.807) is 19.1 Å². The van der Waals surface area contributed by atoms with E-state index in [4.69, 9.17) is 0 Å². The van der Waals surface area contributed by atoms with Crippen LogP contribution in [0.1, 0.15) is 25.5 Å². The van der Waals surface area contributed by atoms with Crippen LogP contribution in [0.3, 0.4) is 0 Å². The number of rotatable bonds is 5. The van der Waals surface area contributed by atoms with Gasteiger partial charge >= 0.3 is 18.7 Å². The molecule has 10 nitrogen and oxygen atoms in total. The van der Waals surface area contributed by atoms with E-state index in [1.807, 2.05) is 0 Å². The van der Waals surface area contributed by atoms with E-state index in [1.165, 1.54) is 12.1 Å². The summed E-state index contributed by atoms with van der Waals surface area (Å²) < 4.78 is 12.8. The van der Waals surface area contributed by atoms with E-state index in [-0.39, 0.29) is 33.9 Å². The number of aromatic amines is 1. The van der Waals surface area contributed by atoms with Crippen LogP contribution in [0.5, 0.6) is 0 Å². The van der Waals surface area contributed by atoms with E-state index in [9.17, 15) is 34.1 Å². The minimum Gasteiger partial charge on any atom is -0.323 e. The molecule has 0 saturated carbocycles. The largest absolute Gasteiger partial charge is 0.348 e. The first-order valence-electron chi connectivity index (χ1n) is 8.06. The molecule has 2 aromatic carbocycles. The van der Waals surface area contributed by atoms with Gasteiger partial charge < -0.3 is 14.8 Å². The molecule has 0 spiro atoms. The van der Waals surface area contributed by atoms with Gasteiger partial charge in [-0.05, 0) is 12.5 Å². The van der Waals surface area contributed by atoms with E-state index in [0.717, 1.165) is 10.6 Å². The number of nitro benzene ring substituents is 1. The van der Waals surface area contributed by atoms with Gasteiger partial charge in [-0.15, -0.1) is 0 Å². The summed E-state index contributed by atoms with van der Waals surface area (Å²) >= 11 is 0. The first-order chi connectivity index (χ1) is 12.7. The fraction of sp³-hybridized carbons (Fsp3) is 0.250. The maximum Gasteiger partial charge on any atom is 0.348 e. The van der Waals surface area contributed by atoms with Crippen molar-refractivity contribution in [3.63, 3.8) is 0 Å². The molecule has 1 unspecified atom stereocenters. The predicted octanol–water partition coefficient (Wildman–Crippen LogP) is 2.23. The minimum absolute atomic E-state index is 0.0421. The fourth-order valence-corrected chi connectivity index (χ4v) is 4.34. The molecule has 0 bridgehead atoms. The molecule has 0 saturated heterocycles. The number of aromatic nitrogens is 2. The molecular formula is C16H16N3O7P. The number of nitro groups is 1. The summed E-state index contributed by atoms with van der Waals surface area (Å²) in [7, 11) is -4.80. The normalized spacial score (nSPS) is 13.1. The molecule has 0 aliphatic rings. The molecule has 3 rings (SSSR count). The second kappa shape index (κ2) is 6.73. The molecule has 142 valence electrons. The second-order valence-corrected chi connectivity index (χ2v) is 7.86. The van der Waals surface area contributed by atoms with E-state index in [2.05, 4.69) is 4.98 Å². The molecule has 1 atom stereocenters. The third-order valence-electron chi connectivity index (χ3n) is 4.33. The number of benzene rings is 2. The number of nitrogens with one attached hydrogen (secondary N) is 1. The highest BCUT2D eigenvalue weighted by Gasteiger charge is 2.33. The minimum atomic E-state index is -4.80. The Labute approximate surface area is 151 Å². The fourth-order valence-electron chi connectivity index (χ4n) is 3.22. The third-order valence-corrected chi connectivity index (χ3v) is 5.59. The van der Waals surface area contributed by atoms with Gasteiger partial charge in [0.1, 0.15) is 5.78 Å². The molecule has 0 amide bonds. The molecule has 0 fully saturated rings. The summed E-state index contributed by atoms with van der Waals surface area (Å²) in [6, 6.07) is 7.22. The van der Waals surface area contributed by atoms with Crippen molar-refractivity contribution < 1.29 is 19.3 Å². The van der Waals surface area contributed by atoms with E-state index < -0.39 is 29.4 Å². The van der Waals surface area contributed by atoms with Crippen molar-refractivity contribution in [1.29, 1.82) is 0 Å². The molecule has 27 heavy (non-hydrogen) atoms. The van der Waals surface area contributed by atoms with Crippen LogP contribution in [0.4, 0.5) is 5.69 Å². The van der Waals surface area contributed by atoms with Gasteiger partial charge in [0.2, 0.25) is 0 Å². The summed E-state index contributed by atoms with van der Waals surface area (Å²) in [5, 5.41) is 11.8. The van der Waals surface area contributed by atoms with Gasteiger partial charge in [0.15, 0.2) is 0 Å². The first-order valence-corrected chi connectivity index (χ1v) is 9.74. The first kappa shape index (κ1) is 19.0. The molecule has 0 aliphatic heterocycles. The summed E-state index contributed by atoms with van der Waals surface area (Å²) in [4.78, 5) is 57.3. The average molecular weight is 393 g/mol. The van der Waals surface area contributed by atoms with Crippen LogP contribution in [0, 0.1) is 10.1 Å². The Balaban J connectivity index is 2.62. The van der Waals surface area contributed by atoms with Crippen molar-refractivity contribution in [2.45, 2.75) is 25.5 Å². The van der Waals surface area contributed by atoms with Gasteiger partial charge in [-0.3, -0.25) is 28.8 Å². The molecule has 3 N–H and O–H groups in total. The molecule has 0 radical (unpaired) electrons. The molecular weight excluding hydrogens is 377 g/mol. The zero-order valence-electron chi connectivity index (χ0n) is 14.2. The SMILES string of the molecule is CCCC(n1c(=O)c(=O)[nH]c2cc([N+](=O)[O-])c3ccccc3c21)P(=O)(O)O. The van der Waals surface area contributed by atoms with E-state index >= 15 is 0 Å². The van der Waals surface area contributed by atoms with Gasteiger partial charge in [-0.1, -0.05) is 31.5 Å².